The van der Waals surface area contributed by atoms with Crippen molar-refractivity contribution >= 4 is 27.5 Å². The number of hydrogen-bond acceptors (Lipinski definition) is 5. The maximum absolute atomic E-state index is 13.2. The molecule has 0 aliphatic heterocycles. The number of aryl methyl sites for hydroxylation is 3. The minimum Gasteiger partial charge on any atom is -0.496 e. The maximum Gasteiger partial charge on any atom is 0.263 e. The molecular formula is C19H21N3O3S. The summed E-state index contributed by atoms with van der Waals surface area (Å²) in [5.41, 5.74) is 7.93. The number of carbonyl (C=O) groups excluding carboxylic acids is 1. The average molecular weight is 371 g/mol. The van der Waals surface area contributed by atoms with Crippen LogP contribution in [0, 0.1) is 20.8 Å². The number of nitrogens with two attached hydrogens (primary N) is 1. The Morgan fingerprint density at radius 2 is 2.00 bits per heavy atom. The first kappa shape index (κ1) is 18.1. The largest absolute Gasteiger partial charge is 0.496 e. The number of carbonyl (C=O) groups is 1. The molecule has 0 bridgehead atoms. The molecule has 3 rings (SSSR count). The van der Waals surface area contributed by atoms with Gasteiger partial charge in [0.2, 0.25) is 5.91 Å². The van der Waals surface area contributed by atoms with E-state index >= 15 is 0 Å². The standard InChI is InChI=1S/C19H21N3O3S/c1-9-8-13(6-7-14(9)25-5)15-11(3)26-18-16(15)19(24)22(12(4)21-18)10(2)17(20)23/h6-8,10H,1-5H3,(H2,20,23). The summed E-state index contributed by atoms with van der Waals surface area (Å²) in [4.78, 5) is 31.1. The number of benzene rings is 1. The molecular weight excluding hydrogens is 350 g/mol. The Morgan fingerprint density at radius 3 is 2.58 bits per heavy atom. The summed E-state index contributed by atoms with van der Waals surface area (Å²) in [6, 6.07) is 5.06. The van der Waals surface area contributed by atoms with E-state index in [1.807, 2.05) is 32.0 Å². The quantitative estimate of drug-likeness (QED) is 0.763. The third kappa shape index (κ3) is 2.78. The third-order valence-electron chi connectivity index (χ3n) is 4.59. The van der Waals surface area contributed by atoms with Gasteiger partial charge in [-0.2, -0.15) is 0 Å². The number of methoxy groups -OCH3 is 1. The van der Waals surface area contributed by atoms with E-state index in [0.717, 1.165) is 27.3 Å². The highest BCUT2D eigenvalue weighted by atomic mass is 32.1. The number of nitrogens with zero attached hydrogens (tertiary/aromatic N) is 2. The van der Waals surface area contributed by atoms with Crippen LogP contribution in [-0.2, 0) is 4.79 Å². The first-order valence-corrected chi connectivity index (χ1v) is 9.04. The maximum atomic E-state index is 13.2. The average Bonchev–Trinajstić information content (AvgIpc) is 2.90. The van der Waals surface area contributed by atoms with Crippen LogP contribution in [0.4, 0.5) is 0 Å². The van der Waals surface area contributed by atoms with Crippen LogP contribution in [0.15, 0.2) is 23.0 Å². The molecule has 0 saturated heterocycles. The zero-order valence-electron chi connectivity index (χ0n) is 15.4. The molecule has 2 N–H and O–H groups in total. The fourth-order valence-electron chi connectivity index (χ4n) is 3.24. The zero-order chi connectivity index (χ0) is 19.2. The number of thiophene rings is 1. The summed E-state index contributed by atoms with van der Waals surface area (Å²) >= 11 is 1.47. The van der Waals surface area contributed by atoms with Gasteiger partial charge in [0.25, 0.3) is 5.56 Å². The van der Waals surface area contributed by atoms with Gasteiger partial charge in [-0.25, -0.2) is 4.98 Å². The van der Waals surface area contributed by atoms with E-state index in [1.54, 1.807) is 21.0 Å². The predicted octanol–water partition coefficient (Wildman–Crippen LogP) is 3.11. The number of amides is 1. The number of ether oxygens (including phenoxy) is 1. The van der Waals surface area contributed by atoms with Gasteiger partial charge in [-0.05, 0) is 51.0 Å². The number of aromatic nitrogens is 2. The number of primary amides is 1. The Bertz CT molecular complexity index is 1080. The summed E-state index contributed by atoms with van der Waals surface area (Å²) in [6.07, 6.45) is 0. The molecule has 0 spiro atoms. The molecule has 26 heavy (non-hydrogen) atoms. The lowest BCUT2D eigenvalue weighted by Crippen LogP contribution is -2.34. The molecule has 7 heteroatoms. The van der Waals surface area contributed by atoms with Gasteiger partial charge >= 0.3 is 0 Å². The zero-order valence-corrected chi connectivity index (χ0v) is 16.2. The number of rotatable bonds is 4. The topological polar surface area (TPSA) is 87.2 Å². The Balaban J connectivity index is 2.35. The van der Waals surface area contributed by atoms with E-state index in [0.29, 0.717) is 16.0 Å². The van der Waals surface area contributed by atoms with Crippen molar-refractivity contribution in [3.63, 3.8) is 0 Å². The molecule has 2 heterocycles. The molecule has 0 aliphatic rings. The van der Waals surface area contributed by atoms with Crippen molar-refractivity contribution in [2.75, 3.05) is 7.11 Å². The molecule has 0 aliphatic carbocycles. The van der Waals surface area contributed by atoms with Crippen molar-refractivity contribution in [1.29, 1.82) is 0 Å². The smallest absolute Gasteiger partial charge is 0.263 e. The second-order valence-electron chi connectivity index (χ2n) is 6.31. The molecule has 3 aromatic rings. The van der Waals surface area contributed by atoms with Crippen molar-refractivity contribution in [3.8, 4) is 16.9 Å². The number of fused-ring (bicyclic) bond motifs is 1. The molecule has 1 aromatic carbocycles. The Hall–Kier alpha value is -2.67. The molecule has 1 amide bonds. The third-order valence-corrected chi connectivity index (χ3v) is 5.59. The van der Waals surface area contributed by atoms with Crippen LogP contribution >= 0.6 is 11.3 Å². The lowest BCUT2D eigenvalue weighted by atomic mass is 10.0. The van der Waals surface area contributed by atoms with Crippen molar-refractivity contribution in [2.45, 2.75) is 33.7 Å². The van der Waals surface area contributed by atoms with Gasteiger partial charge in [-0.15, -0.1) is 11.3 Å². The second-order valence-corrected chi connectivity index (χ2v) is 7.51. The number of hydrogen-bond donors (Lipinski definition) is 1. The first-order valence-electron chi connectivity index (χ1n) is 8.22. The fraction of sp³-hybridized carbons (Fsp3) is 0.316. The van der Waals surface area contributed by atoms with E-state index in [2.05, 4.69) is 4.98 Å². The van der Waals surface area contributed by atoms with Crippen LogP contribution in [0.2, 0.25) is 0 Å². The van der Waals surface area contributed by atoms with Crippen LogP contribution in [0.1, 0.15) is 29.2 Å². The van der Waals surface area contributed by atoms with E-state index in [-0.39, 0.29) is 5.56 Å². The van der Waals surface area contributed by atoms with Crippen LogP contribution in [0.3, 0.4) is 0 Å². The lowest BCUT2D eigenvalue weighted by molar-refractivity contribution is -0.120. The van der Waals surface area contributed by atoms with Crippen LogP contribution in [0.5, 0.6) is 5.75 Å². The second kappa shape index (κ2) is 6.57. The fourth-order valence-corrected chi connectivity index (χ4v) is 4.32. The first-order chi connectivity index (χ1) is 12.3. The van der Waals surface area contributed by atoms with E-state index in [1.165, 1.54) is 15.9 Å². The minimum atomic E-state index is -0.759. The van der Waals surface area contributed by atoms with E-state index < -0.39 is 11.9 Å². The van der Waals surface area contributed by atoms with Gasteiger partial charge in [0, 0.05) is 10.4 Å². The molecule has 6 nitrogen and oxygen atoms in total. The van der Waals surface area contributed by atoms with Gasteiger partial charge in [-0.3, -0.25) is 14.2 Å². The van der Waals surface area contributed by atoms with Crippen molar-refractivity contribution in [1.82, 2.24) is 9.55 Å². The minimum absolute atomic E-state index is 0.244. The molecule has 1 atom stereocenters. The van der Waals surface area contributed by atoms with Gasteiger partial charge < -0.3 is 10.5 Å². The molecule has 136 valence electrons. The Kier molecular flexibility index (Phi) is 4.58. The predicted molar refractivity (Wildman–Crippen MR) is 104 cm³/mol. The summed E-state index contributed by atoms with van der Waals surface area (Å²) in [5, 5.41) is 0.524. The van der Waals surface area contributed by atoms with Crippen LogP contribution in [0.25, 0.3) is 21.3 Å². The molecule has 2 aromatic heterocycles. The highest BCUT2D eigenvalue weighted by Gasteiger charge is 2.22. The highest BCUT2D eigenvalue weighted by Crippen LogP contribution is 2.37. The van der Waals surface area contributed by atoms with Gasteiger partial charge in [0.05, 0.1) is 12.5 Å². The van der Waals surface area contributed by atoms with Gasteiger partial charge in [0.15, 0.2) is 0 Å². The van der Waals surface area contributed by atoms with E-state index in [9.17, 15) is 9.59 Å². The summed E-state index contributed by atoms with van der Waals surface area (Å²) in [6.45, 7) is 7.26. The molecule has 1 unspecified atom stereocenters. The molecule has 0 radical (unpaired) electrons. The summed E-state index contributed by atoms with van der Waals surface area (Å²) in [5.74, 6) is 0.706. The molecule has 0 saturated carbocycles. The summed E-state index contributed by atoms with van der Waals surface area (Å²) < 4.78 is 6.70. The van der Waals surface area contributed by atoms with Crippen LogP contribution < -0.4 is 16.0 Å². The Labute approximate surface area is 155 Å². The SMILES string of the molecule is COc1ccc(-c2c(C)sc3nc(C)n(C(C)C(N)=O)c(=O)c23)cc1C. The lowest BCUT2D eigenvalue weighted by Gasteiger charge is -2.15. The van der Waals surface area contributed by atoms with Crippen molar-refractivity contribution in [2.24, 2.45) is 5.73 Å². The normalized spacial score (nSPS) is 12.3. The van der Waals surface area contributed by atoms with Gasteiger partial charge in [0.1, 0.15) is 22.4 Å². The Morgan fingerprint density at radius 1 is 1.31 bits per heavy atom. The van der Waals surface area contributed by atoms with Gasteiger partial charge in [-0.1, -0.05) is 6.07 Å². The van der Waals surface area contributed by atoms with Crippen molar-refractivity contribution in [3.05, 3.63) is 44.8 Å². The molecule has 0 fully saturated rings. The highest BCUT2D eigenvalue weighted by molar-refractivity contribution is 7.19. The summed E-state index contributed by atoms with van der Waals surface area (Å²) in [7, 11) is 1.63. The van der Waals surface area contributed by atoms with Crippen molar-refractivity contribution < 1.29 is 9.53 Å². The monoisotopic (exact) mass is 371 g/mol. The van der Waals surface area contributed by atoms with Crippen LogP contribution in [-0.4, -0.2) is 22.6 Å². The van der Waals surface area contributed by atoms with E-state index in [4.69, 9.17) is 10.5 Å².